The highest BCUT2D eigenvalue weighted by Gasteiger charge is 2.36. The van der Waals surface area contributed by atoms with Crippen LogP contribution in [0.25, 0.3) is 0 Å². The lowest BCUT2D eigenvalue weighted by Crippen LogP contribution is -2.53. The van der Waals surface area contributed by atoms with Crippen LogP contribution in [-0.4, -0.2) is 59.0 Å². The molecule has 0 radical (unpaired) electrons. The highest BCUT2D eigenvalue weighted by atomic mass is 32.2. The van der Waals surface area contributed by atoms with E-state index in [-0.39, 0.29) is 24.4 Å². The lowest BCUT2D eigenvalue weighted by atomic mass is 9.98. The summed E-state index contributed by atoms with van der Waals surface area (Å²) < 4.78 is 5.39. The molecule has 2 unspecified atom stereocenters. The van der Waals surface area contributed by atoms with Gasteiger partial charge in [-0.25, -0.2) is 4.79 Å². The molecule has 2 N–H and O–H groups in total. The van der Waals surface area contributed by atoms with Crippen molar-refractivity contribution in [3.8, 4) is 0 Å². The number of benzene rings is 1. The van der Waals surface area contributed by atoms with Crippen molar-refractivity contribution in [2.45, 2.75) is 78.6 Å². The number of carbonyl (C=O) groups is 3. The van der Waals surface area contributed by atoms with Gasteiger partial charge in [-0.1, -0.05) is 35.4 Å². The fourth-order valence-corrected chi connectivity index (χ4v) is 4.08. The molecule has 1 rings (SSSR count). The first-order valence-corrected chi connectivity index (χ1v) is 13.0. The molecule has 0 aliphatic rings. The monoisotopic (exact) mass is 491 g/mol. The minimum absolute atomic E-state index is 0.103. The minimum atomic E-state index is -0.872. The average molecular weight is 492 g/mol. The van der Waals surface area contributed by atoms with E-state index in [0.29, 0.717) is 17.7 Å². The molecule has 1 aromatic rings. The van der Waals surface area contributed by atoms with Gasteiger partial charge in [-0.15, -0.1) is 6.58 Å². The third-order valence-electron chi connectivity index (χ3n) is 4.76. The predicted octanol–water partition coefficient (Wildman–Crippen LogP) is 4.53. The molecule has 34 heavy (non-hydrogen) atoms. The Morgan fingerprint density at radius 1 is 1.12 bits per heavy atom. The van der Waals surface area contributed by atoms with Crippen molar-refractivity contribution in [2.24, 2.45) is 0 Å². The molecule has 190 valence electrons. The molecule has 0 saturated heterocycles. The van der Waals surface area contributed by atoms with Crippen LogP contribution in [0.1, 0.15) is 63.8 Å². The minimum Gasteiger partial charge on any atom is -0.444 e. The Balaban J connectivity index is 3.46. The number of hydrogen-bond donors (Lipinski definition) is 2. The van der Waals surface area contributed by atoms with Gasteiger partial charge in [0.2, 0.25) is 11.8 Å². The van der Waals surface area contributed by atoms with Crippen molar-refractivity contribution in [2.75, 3.05) is 18.6 Å². The maximum absolute atomic E-state index is 13.8. The SMILES string of the molecule is C=CCN(C(=O)C(CCSC)NC(=O)OC(C)(C)C)C(C(=O)NC(C)C)c1cc(C)cc(C)c1. The lowest BCUT2D eigenvalue weighted by Gasteiger charge is -2.34. The topological polar surface area (TPSA) is 87.7 Å². The van der Waals surface area contributed by atoms with Crippen LogP contribution in [0, 0.1) is 13.8 Å². The molecule has 0 bridgehead atoms. The zero-order valence-electron chi connectivity index (χ0n) is 21.9. The lowest BCUT2D eigenvalue weighted by molar-refractivity contribution is -0.142. The van der Waals surface area contributed by atoms with E-state index in [1.807, 2.05) is 52.1 Å². The Kier molecular flexibility index (Phi) is 11.7. The van der Waals surface area contributed by atoms with E-state index in [4.69, 9.17) is 4.74 Å². The maximum atomic E-state index is 13.8. The Morgan fingerprint density at radius 3 is 2.18 bits per heavy atom. The molecule has 3 amide bonds. The van der Waals surface area contributed by atoms with E-state index >= 15 is 0 Å². The van der Waals surface area contributed by atoms with Crippen LogP contribution in [0.4, 0.5) is 4.79 Å². The number of thioether (sulfide) groups is 1. The standard InChI is InChI=1S/C26H41N3O4S/c1-10-12-29(24(31)21(11-13-34-9)28-25(32)33-26(6,7)8)22(23(30)27-17(2)3)20-15-18(4)14-19(5)16-20/h10,14-17,21-22H,1,11-13H2,2-9H3,(H,27,30)(H,28,32). The molecular formula is C26H41N3O4S. The summed E-state index contributed by atoms with van der Waals surface area (Å²) in [4.78, 5) is 41.2. The van der Waals surface area contributed by atoms with Crippen molar-refractivity contribution >= 4 is 29.7 Å². The number of carbonyl (C=O) groups excluding carboxylic acids is 3. The smallest absolute Gasteiger partial charge is 0.408 e. The van der Waals surface area contributed by atoms with Crippen molar-refractivity contribution in [3.63, 3.8) is 0 Å². The Bertz CT molecular complexity index is 844. The fourth-order valence-electron chi connectivity index (χ4n) is 3.61. The van der Waals surface area contributed by atoms with E-state index in [1.54, 1.807) is 38.6 Å². The van der Waals surface area contributed by atoms with Crippen LogP contribution < -0.4 is 10.6 Å². The van der Waals surface area contributed by atoms with Gasteiger partial charge in [0.15, 0.2) is 0 Å². The number of aryl methyl sites for hydroxylation is 2. The van der Waals surface area contributed by atoms with Crippen molar-refractivity contribution in [1.29, 1.82) is 0 Å². The normalized spacial score (nSPS) is 13.1. The zero-order chi connectivity index (χ0) is 26.1. The van der Waals surface area contributed by atoms with Crippen LogP contribution >= 0.6 is 11.8 Å². The fraction of sp³-hybridized carbons (Fsp3) is 0.577. The van der Waals surface area contributed by atoms with E-state index in [2.05, 4.69) is 17.2 Å². The first-order chi connectivity index (χ1) is 15.8. The molecule has 8 heteroatoms. The molecule has 0 aliphatic heterocycles. The van der Waals surface area contributed by atoms with Crippen LogP contribution in [0.2, 0.25) is 0 Å². The molecule has 0 aliphatic carbocycles. The summed E-state index contributed by atoms with van der Waals surface area (Å²) in [6.07, 6.45) is 3.26. The molecule has 0 saturated carbocycles. The van der Waals surface area contributed by atoms with Gasteiger partial charge in [0.1, 0.15) is 17.7 Å². The Hall–Kier alpha value is -2.48. The van der Waals surface area contributed by atoms with E-state index < -0.39 is 23.8 Å². The Morgan fingerprint density at radius 2 is 1.71 bits per heavy atom. The summed E-state index contributed by atoms with van der Waals surface area (Å²) in [6, 6.07) is 4.03. The van der Waals surface area contributed by atoms with E-state index in [0.717, 1.165) is 11.1 Å². The van der Waals surface area contributed by atoms with Gasteiger partial charge in [-0.2, -0.15) is 11.8 Å². The number of nitrogens with one attached hydrogen (secondary N) is 2. The maximum Gasteiger partial charge on any atom is 0.408 e. The van der Waals surface area contributed by atoms with Crippen molar-refractivity contribution in [3.05, 3.63) is 47.5 Å². The molecule has 0 fully saturated rings. The van der Waals surface area contributed by atoms with Crippen molar-refractivity contribution < 1.29 is 19.1 Å². The highest BCUT2D eigenvalue weighted by Crippen LogP contribution is 2.25. The van der Waals surface area contributed by atoms with Gasteiger partial charge in [0.05, 0.1) is 0 Å². The van der Waals surface area contributed by atoms with Gasteiger partial charge in [0.25, 0.3) is 0 Å². The van der Waals surface area contributed by atoms with Crippen LogP contribution in [-0.2, 0) is 14.3 Å². The molecule has 1 aromatic carbocycles. The number of hydrogen-bond acceptors (Lipinski definition) is 5. The molecule has 2 atom stereocenters. The summed E-state index contributed by atoms with van der Waals surface area (Å²) in [5.74, 6) is 0.0135. The quantitative estimate of drug-likeness (QED) is 0.444. The number of amides is 3. The van der Waals surface area contributed by atoms with Crippen LogP contribution in [0.3, 0.4) is 0 Å². The molecule has 7 nitrogen and oxygen atoms in total. The third kappa shape index (κ3) is 9.79. The van der Waals surface area contributed by atoms with Gasteiger partial charge < -0.3 is 20.3 Å². The van der Waals surface area contributed by atoms with Gasteiger partial charge in [-0.05, 0) is 72.5 Å². The highest BCUT2D eigenvalue weighted by molar-refractivity contribution is 7.98. The van der Waals surface area contributed by atoms with Gasteiger partial charge in [-0.3, -0.25) is 9.59 Å². The van der Waals surface area contributed by atoms with Crippen LogP contribution in [0.15, 0.2) is 30.9 Å². The summed E-state index contributed by atoms with van der Waals surface area (Å²) in [6.45, 7) is 16.9. The van der Waals surface area contributed by atoms with Crippen molar-refractivity contribution in [1.82, 2.24) is 15.5 Å². The molecule has 0 heterocycles. The van der Waals surface area contributed by atoms with E-state index in [1.165, 1.54) is 4.90 Å². The summed E-state index contributed by atoms with van der Waals surface area (Å²) in [5, 5.41) is 5.67. The second-order valence-electron chi connectivity index (χ2n) is 9.75. The molecular weight excluding hydrogens is 450 g/mol. The first kappa shape index (κ1) is 29.6. The first-order valence-electron chi connectivity index (χ1n) is 11.6. The largest absolute Gasteiger partial charge is 0.444 e. The second kappa shape index (κ2) is 13.4. The number of rotatable bonds is 11. The average Bonchev–Trinajstić information content (AvgIpc) is 2.67. The third-order valence-corrected chi connectivity index (χ3v) is 5.40. The predicted molar refractivity (Wildman–Crippen MR) is 140 cm³/mol. The second-order valence-corrected chi connectivity index (χ2v) is 10.7. The summed E-state index contributed by atoms with van der Waals surface area (Å²) >= 11 is 1.57. The van der Waals surface area contributed by atoms with Crippen LogP contribution in [0.5, 0.6) is 0 Å². The zero-order valence-corrected chi connectivity index (χ0v) is 22.7. The molecule has 0 spiro atoms. The summed E-state index contributed by atoms with van der Waals surface area (Å²) in [7, 11) is 0. The van der Waals surface area contributed by atoms with Gasteiger partial charge >= 0.3 is 6.09 Å². The summed E-state index contributed by atoms with van der Waals surface area (Å²) in [5.41, 5.74) is 2.01. The van der Waals surface area contributed by atoms with Gasteiger partial charge in [0, 0.05) is 12.6 Å². The number of alkyl carbamates (subject to hydrolysis) is 1. The number of ether oxygens (including phenoxy) is 1. The number of nitrogens with zero attached hydrogens (tertiary/aromatic N) is 1. The molecule has 0 aromatic heterocycles. The Labute approximate surface area is 209 Å². The van der Waals surface area contributed by atoms with E-state index in [9.17, 15) is 14.4 Å².